The summed E-state index contributed by atoms with van der Waals surface area (Å²) in [7, 11) is -3.21. The molecule has 2 rings (SSSR count). The lowest BCUT2D eigenvalue weighted by atomic mass is 10.3. The van der Waals surface area contributed by atoms with Gasteiger partial charge in [-0.2, -0.15) is 0 Å². The minimum absolute atomic E-state index is 0.232. The molecule has 2 aromatic carbocycles. The van der Waals surface area contributed by atoms with E-state index < -0.39 is 13.3 Å². The summed E-state index contributed by atoms with van der Waals surface area (Å²) in [5.41, 5.74) is 0.232. The van der Waals surface area contributed by atoms with Gasteiger partial charge in [0.05, 0.1) is 6.61 Å². The van der Waals surface area contributed by atoms with Crippen LogP contribution < -0.4 is 15.7 Å². The van der Waals surface area contributed by atoms with Crippen LogP contribution in [-0.2, 0) is 14.1 Å². The Hall–Kier alpha value is -2.32. The van der Waals surface area contributed by atoms with Crippen LogP contribution >= 0.6 is 7.29 Å². The molecule has 5 heteroatoms. The molecule has 0 bridgehead atoms. The number of benzene rings is 2. The molecule has 24 heavy (non-hydrogen) atoms. The van der Waals surface area contributed by atoms with Crippen molar-refractivity contribution in [1.82, 2.24) is 5.09 Å². The van der Waals surface area contributed by atoms with Crippen LogP contribution in [0.1, 0.15) is 20.3 Å². The van der Waals surface area contributed by atoms with E-state index >= 15 is 0 Å². The van der Waals surface area contributed by atoms with Gasteiger partial charge in [-0.3, -0.25) is 4.57 Å². The van der Waals surface area contributed by atoms with Crippen molar-refractivity contribution < 1.29 is 14.1 Å². The predicted molar refractivity (Wildman–Crippen MR) is 97.9 cm³/mol. The van der Waals surface area contributed by atoms with Crippen molar-refractivity contribution in [2.75, 3.05) is 6.61 Å². The van der Waals surface area contributed by atoms with Gasteiger partial charge in [-0.15, -0.1) is 0 Å². The summed E-state index contributed by atoms with van der Waals surface area (Å²) >= 11 is 0. The summed E-state index contributed by atoms with van der Waals surface area (Å²) in [6.45, 7) is 3.93. The predicted octanol–water partition coefficient (Wildman–Crippen LogP) is 3.36. The van der Waals surface area contributed by atoms with Crippen LogP contribution in [0.2, 0.25) is 0 Å². The number of hydrogen-bond donors (Lipinski definition) is 1. The zero-order valence-electron chi connectivity index (χ0n) is 13.9. The number of ether oxygens (including phenoxy) is 1. The van der Waals surface area contributed by atoms with Crippen molar-refractivity contribution in [2.45, 2.75) is 20.3 Å². The van der Waals surface area contributed by atoms with Crippen molar-refractivity contribution in [3.63, 3.8) is 0 Å². The normalized spacial score (nSPS) is 11.8. The van der Waals surface area contributed by atoms with Crippen LogP contribution in [0.25, 0.3) is 0 Å². The molecule has 0 spiro atoms. The number of carbonyl (C=O) groups excluding carboxylic acids is 1. The fraction of sp³-hybridized carbons (Fsp3) is 0.211. The summed E-state index contributed by atoms with van der Waals surface area (Å²) in [5, 5.41) is 4.27. The highest BCUT2D eigenvalue weighted by molar-refractivity contribution is 7.77. The van der Waals surface area contributed by atoms with Crippen molar-refractivity contribution in [1.29, 1.82) is 0 Å². The molecule has 0 aliphatic rings. The van der Waals surface area contributed by atoms with Crippen LogP contribution in [0, 0.1) is 0 Å². The molecule has 126 valence electrons. The van der Waals surface area contributed by atoms with E-state index in [2.05, 4.69) is 5.09 Å². The number of nitrogens with one attached hydrogen (secondary N) is 1. The number of allylic oxidation sites excluding steroid dienone is 1. The fourth-order valence-electron chi connectivity index (χ4n) is 2.31. The molecule has 0 saturated carbocycles. The molecule has 0 aliphatic heterocycles. The van der Waals surface area contributed by atoms with E-state index in [4.69, 9.17) is 4.74 Å². The van der Waals surface area contributed by atoms with Crippen molar-refractivity contribution in [3.05, 3.63) is 72.4 Å². The molecular weight excluding hydrogens is 321 g/mol. The van der Waals surface area contributed by atoms with Gasteiger partial charge in [-0.05, 0) is 37.6 Å². The molecule has 0 aromatic heterocycles. The van der Waals surface area contributed by atoms with Crippen LogP contribution in [-0.4, -0.2) is 12.6 Å². The molecule has 0 aliphatic carbocycles. The Morgan fingerprint density at radius 3 is 1.92 bits per heavy atom. The highest BCUT2D eigenvalue weighted by Crippen LogP contribution is 2.40. The molecule has 4 nitrogen and oxygen atoms in total. The molecule has 0 fully saturated rings. The fourth-order valence-corrected chi connectivity index (χ4v) is 4.57. The van der Waals surface area contributed by atoms with E-state index in [0.29, 0.717) is 17.0 Å². The minimum atomic E-state index is -3.21. The first-order valence-corrected chi connectivity index (χ1v) is 9.69. The number of carbonyl (C=O) groups is 1. The smallest absolute Gasteiger partial charge is 0.354 e. The summed E-state index contributed by atoms with van der Waals surface area (Å²) in [6.07, 6.45) is 2.33. The van der Waals surface area contributed by atoms with E-state index in [-0.39, 0.29) is 12.3 Å². The van der Waals surface area contributed by atoms with Gasteiger partial charge in [-0.1, -0.05) is 49.4 Å². The standard InChI is InChI=1S/C19H22NO3P/c1-3-11-18(19(21)23-4-2)20-24(22,16-12-7-5-8-13-16)17-14-9-6-10-15-17/h5-15H,3-4H2,1-2H3,(H,20,22)/b18-11+. The van der Waals surface area contributed by atoms with Crippen LogP contribution in [0.4, 0.5) is 0 Å². The lowest BCUT2D eigenvalue weighted by molar-refractivity contribution is -0.138. The lowest BCUT2D eigenvalue weighted by Gasteiger charge is -2.22. The maximum absolute atomic E-state index is 13.9. The van der Waals surface area contributed by atoms with Gasteiger partial charge in [0.25, 0.3) is 0 Å². The second-order valence-electron chi connectivity index (χ2n) is 5.14. The molecule has 0 amide bonds. The number of esters is 1. The summed E-state index contributed by atoms with van der Waals surface area (Å²) in [6, 6.07) is 18.3. The van der Waals surface area contributed by atoms with Crippen LogP contribution in [0.15, 0.2) is 72.4 Å². The van der Waals surface area contributed by atoms with E-state index in [1.807, 2.05) is 43.3 Å². The third-order valence-corrected chi connectivity index (χ3v) is 6.03. The van der Waals surface area contributed by atoms with E-state index in [1.54, 1.807) is 37.3 Å². The maximum Gasteiger partial charge on any atom is 0.354 e. The summed E-state index contributed by atoms with van der Waals surface area (Å²) in [5.74, 6) is -0.494. The molecule has 1 N–H and O–H groups in total. The first-order valence-electron chi connectivity index (χ1n) is 7.98. The first-order chi connectivity index (χ1) is 11.6. The summed E-state index contributed by atoms with van der Waals surface area (Å²) < 4.78 is 18.9. The van der Waals surface area contributed by atoms with Crippen LogP contribution in [0.5, 0.6) is 0 Å². The van der Waals surface area contributed by atoms with Gasteiger partial charge in [0.2, 0.25) is 7.29 Å². The van der Waals surface area contributed by atoms with Crippen molar-refractivity contribution in [3.8, 4) is 0 Å². The highest BCUT2D eigenvalue weighted by atomic mass is 31.2. The maximum atomic E-state index is 13.9. The van der Waals surface area contributed by atoms with Gasteiger partial charge in [0.15, 0.2) is 0 Å². The Kier molecular flexibility index (Phi) is 6.39. The van der Waals surface area contributed by atoms with Gasteiger partial charge in [0, 0.05) is 10.6 Å². The third-order valence-electron chi connectivity index (χ3n) is 3.42. The van der Waals surface area contributed by atoms with Gasteiger partial charge in [-0.25, -0.2) is 4.79 Å². The van der Waals surface area contributed by atoms with Crippen LogP contribution in [0.3, 0.4) is 0 Å². The Labute approximate surface area is 143 Å². The molecule has 2 aromatic rings. The SMILES string of the molecule is CC/C=C(/NP(=O)(c1ccccc1)c1ccccc1)C(=O)OCC. The Morgan fingerprint density at radius 1 is 1.00 bits per heavy atom. The molecule has 0 radical (unpaired) electrons. The zero-order chi connectivity index (χ0) is 17.4. The molecular formula is C19H22NO3P. The van der Waals surface area contributed by atoms with E-state index in [9.17, 15) is 9.36 Å². The highest BCUT2D eigenvalue weighted by Gasteiger charge is 2.30. The van der Waals surface area contributed by atoms with Crippen molar-refractivity contribution >= 4 is 23.9 Å². The molecule has 0 atom stereocenters. The lowest BCUT2D eigenvalue weighted by Crippen LogP contribution is -2.30. The average Bonchev–Trinajstić information content (AvgIpc) is 2.63. The largest absolute Gasteiger partial charge is 0.461 e. The quantitative estimate of drug-likeness (QED) is 0.476. The average molecular weight is 343 g/mol. The Bertz CT molecular complexity index is 698. The topological polar surface area (TPSA) is 55.4 Å². The first kappa shape index (κ1) is 18.0. The summed E-state index contributed by atoms with van der Waals surface area (Å²) in [4.78, 5) is 12.2. The zero-order valence-corrected chi connectivity index (χ0v) is 14.8. The van der Waals surface area contributed by atoms with Gasteiger partial charge in [0.1, 0.15) is 5.70 Å². The van der Waals surface area contributed by atoms with Gasteiger partial charge < -0.3 is 9.82 Å². The monoisotopic (exact) mass is 343 g/mol. The van der Waals surface area contributed by atoms with Crippen molar-refractivity contribution in [2.24, 2.45) is 0 Å². The minimum Gasteiger partial charge on any atom is -0.461 e. The number of rotatable bonds is 7. The Morgan fingerprint density at radius 2 is 1.50 bits per heavy atom. The second kappa shape index (κ2) is 8.51. The molecule has 0 unspecified atom stereocenters. The Balaban J connectivity index is 2.49. The molecule has 0 heterocycles. The second-order valence-corrected chi connectivity index (χ2v) is 7.61. The number of hydrogen-bond acceptors (Lipinski definition) is 3. The van der Waals surface area contributed by atoms with E-state index in [1.165, 1.54) is 0 Å². The molecule has 0 saturated heterocycles. The van der Waals surface area contributed by atoms with E-state index in [0.717, 1.165) is 0 Å². The third kappa shape index (κ3) is 4.15. The van der Waals surface area contributed by atoms with Gasteiger partial charge >= 0.3 is 5.97 Å².